The molecule has 0 aliphatic rings. The first-order valence-corrected chi connectivity index (χ1v) is 9.45. The van der Waals surface area contributed by atoms with E-state index in [4.69, 9.17) is 11.6 Å². The standard InChI is InChI=1S/C17H18ClNO3S/c1-19(11-15-7-3-4-9-16(15)18)17(20)14-8-5-6-13(10-14)12-23(2,21)22/h3-10H,11-12H2,1-2H3. The third kappa shape index (κ3) is 5.08. The summed E-state index contributed by atoms with van der Waals surface area (Å²) in [6, 6.07) is 14.0. The fourth-order valence-electron chi connectivity index (χ4n) is 2.27. The van der Waals surface area contributed by atoms with E-state index < -0.39 is 9.84 Å². The summed E-state index contributed by atoms with van der Waals surface area (Å²) in [5, 5.41) is 0.609. The van der Waals surface area contributed by atoms with Crippen LogP contribution in [0.1, 0.15) is 21.5 Å². The molecule has 0 heterocycles. The average molecular weight is 352 g/mol. The Morgan fingerprint density at radius 3 is 2.48 bits per heavy atom. The second-order valence-electron chi connectivity index (χ2n) is 5.52. The zero-order chi connectivity index (χ0) is 17.0. The second-order valence-corrected chi connectivity index (χ2v) is 8.07. The lowest BCUT2D eigenvalue weighted by Gasteiger charge is -2.18. The summed E-state index contributed by atoms with van der Waals surface area (Å²) >= 11 is 6.11. The summed E-state index contributed by atoms with van der Waals surface area (Å²) in [5.74, 6) is -0.261. The van der Waals surface area contributed by atoms with Gasteiger partial charge in [0.1, 0.15) is 0 Å². The van der Waals surface area contributed by atoms with Gasteiger partial charge in [0.15, 0.2) is 9.84 Å². The van der Waals surface area contributed by atoms with Gasteiger partial charge in [-0.1, -0.05) is 41.9 Å². The van der Waals surface area contributed by atoms with Gasteiger partial charge in [0.2, 0.25) is 0 Å². The van der Waals surface area contributed by atoms with Crippen LogP contribution in [0.4, 0.5) is 0 Å². The molecule has 0 unspecified atom stereocenters. The molecule has 0 aliphatic heterocycles. The second kappa shape index (κ2) is 7.15. The topological polar surface area (TPSA) is 54.5 Å². The molecule has 0 fully saturated rings. The van der Waals surface area contributed by atoms with E-state index in [0.29, 0.717) is 22.7 Å². The third-order valence-corrected chi connectivity index (χ3v) is 4.54. The van der Waals surface area contributed by atoms with E-state index in [-0.39, 0.29) is 11.7 Å². The molecular weight excluding hydrogens is 334 g/mol. The van der Waals surface area contributed by atoms with Crippen molar-refractivity contribution in [2.75, 3.05) is 13.3 Å². The summed E-state index contributed by atoms with van der Waals surface area (Å²) in [4.78, 5) is 14.1. The number of hydrogen-bond donors (Lipinski definition) is 0. The Kier molecular flexibility index (Phi) is 5.44. The highest BCUT2D eigenvalue weighted by Gasteiger charge is 2.14. The van der Waals surface area contributed by atoms with Gasteiger partial charge in [-0.2, -0.15) is 0 Å². The van der Waals surface area contributed by atoms with E-state index in [2.05, 4.69) is 0 Å². The quantitative estimate of drug-likeness (QED) is 0.831. The van der Waals surface area contributed by atoms with Crippen LogP contribution in [0.3, 0.4) is 0 Å². The van der Waals surface area contributed by atoms with Crippen molar-refractivity contribution in [2.45, 2.75) is 12.3 Å². The van der Waals surface area contributed by atoms with Crippen LogP contribution in [0.15, 0.2) is 48.5 Å². The van der Waals surface area contributed by atoms with E-state index in [9.17, 15) is 13.2 Å². The van der Waals surface area contributed by atoms with Gasteiger partial charge in [0.05, 0.1) is 5.75 Å². The van der Waals surface area contributed by atoms with Crippen LogP contribution in [0.2, 0.25) is 5.02 Å². The number of sulfone groups is 1. The number of carbonyl (C=O) groups is 1. The van der Waals surface area contributed by atoms with Crippen molar-refractivity contribution < 1.29 is 13.2 Å². The van der Waals surface area contributed by atoms with Gasteiger partial charge < -0.3 is 4.90 Å². The molecular formula is C17H18ClNO3S. The molecule has 0 saturated heterocycles. The molecule has 2 aromatic rings. The highest BCUT2D eigenvalue weighted by atomic mass is 35.5. The molecule has 2 rings (SSSR count). The van der Waals surface area contributed by atoms with E-state index in [1.165, 1.54) is 6.26 Å². The van der Waals surface area contributed by atoms with Gasteiger partial charge in [-0.05, 0) is 29.3 Å². The Bertz CT molecular complexity index is 818. The zero-order valence-corrected chi connectivity index (χ0v) is 14.6. The van der Waals surface area contributed by atoms with Crippen molar-refractivity contribution in [3.8, 4) is 0 Å². The van der Waals surface area contributed by atoms with E-state index in [1.807, 2.05) is 18.2 Å². The maximum Gasteiger partial charge on any atom is 0.253 e. The van der Waals surface area contributed by atoms with Crippen LogP contribution in [0.5, 0.6) is 0 Å². The SMILES string of the molecule is CN(Cc1ccccc1Cl)C(=O)c1cccc(CS(C)(=O)=O)c1. The number of hydrogen-bond acceptors (Lipinski definition) is 3. The van der Waals surface area contributed by atoms with Crippen LogP contribution in [0.25, 0.3) is 0 Å². The summed E-state index contributed by atoms with van der Waals surface area (Å²) in [6.45, 7) is 0.384. The molecule has 0 N–H and O–H groups in total. The van der Waals surface area contributed by atoms with Gasteiger partial charge in [0, 0.05) is 30.4 Å². The van der Waals surface area contributed by atoms with Gasteiger partial charge in [-0.25, -0.2) is 8.42 Å². The van der Waals surface area contributed by atoms with Crippen LogP contribution >= 0.6 is 11.6 Å². The molecule has 1 amide bonds. The molecule has 0 atom stereocenters. The summed E-state index contributed by atoms with van der Waals surface area (Å²) in [6.07, 6.45) is 1.17. The van der Waals surface area contributed by atoms with Gasteiger partial charge in [0.25, 0.3) is 5.91 Å². The smallest absolute Gasteiger partial charge is 0.253 e. The molecule has 4 nitrogen and oxygen atoms in total. The van der Waals surface area contributed by atoms with E-state index >= 15 is 0 Å². The summed E-state index contributed by atoms with van der Waals surface area (Å²) in [7, 11) is -1.45. The van der Waals surface area contributed by atoms with Crippen LogP contribution in [-0.4, -0.2) is 32.5 Å². The van der Waals surface area contributed by atoms with Crippen molar-refractivity contribution in [1.82, 2.24) is 4.90 Å². The molecule has 0 radical (unpaired) electrons. The van der Waals surface area contributed by atoms with Gasteiger partial charge in [-0.15, -0.1) is 0 Å². The lowest BCUT2D eigenvalue weighted by Crippen LogP contribution is -2.26. The third-order valence-electron chi connectivity index (χ3n) is 3.31. The van der Waals surface area contributed by atoms with E-state index in [1.54, 1.807) is 42.3 Å². The van der Waals surface area contributed by atoms with Gasteiger partial charge in [-0.3, -0.25) is 4.79 Å². The number of carbonyl (C=O) groups excluding carboxylic acids is 1. The minimum atomic E-state index is -3.14. The fraction of sp³-hybridized carbons (Fsp3) is 0.235. The van der Waals surface area contributed by atoms with Gasteiger partial charge >= 0.3 is 0 Å². The predicted molar refractivity (Wildman–Crippen MR) is 92.2 cm³/mol. The lowest BCUT2D eigenvalue weighted by molar-refractivity contribution is 0.0785. The Hall–Kier alpha value is -1.85. The molecule has 23 heavy (non-hydrogen) atoms. The summed E-state index contributed by atoms with van der Waals surface area (Å²) < 4.78 is 22.8. The summed E-state index contributed by atoms with van der Waals surface area (Å²) in [5.41, 5.74) is 1.92. The monoisotopic (exact) mass is 351 g/mol. The van der Waals surface area contributed by atoms with Crippen molar-refractivity contribution in [2.24, 2.45) is 0 Å². The Balaban J connectivity index is 2.16. The molecule has 0 aromatic heterocycles. The highest BCUT2D eigenvalue weighted by molar-refractivity contribution is 7.89. The number of amides is 1. The number of halogens is 1. The Morgan fingerprint density at radius 1 is 1.13 bits per heavy atom. The Labute approximate surface area is 141 Å². The zero-order valence-electron chi connectivity index (χ0n) is 13.0. The normalized spacial score (nSPS) is 11.3. The fourth-order valence-corrected chi connectivity index (χ4v) is 3.25. The maximum atomic E-state index is 12.5. The van der Waals surface area contributed by atoms with Crippen LogP contribution in [0, 0.1) is 0 Å². The molecule has 0 saturated carbocycles. The number of rotatable bonds is 5. The Morgan fingerprint density at radius 2 is 1.83 bits per heavy atom. The molecule has 6 heteroatoms. The molecule has 122 valence electrons. The van der Waals surface area contributed by atoms with Crippen molar-refractivity contribution >= 4 is 27.3 Å². The predicted octanol–water partition coefficient (Wildman–Crippen LogP) is 3.16. The maximum absolute atomic E-state index is 12.5. The first-order valence-electron chi connectivity index (χ1n) is 7.02. The molecule has 0 spiro atoms. The largest absolute Gasteiger partial charge is 0.337 e. The minimum Gasteiger partial charge on any atom is -0.337 e. The van der Waals surface area contributed by atoms with Crippen LogP contribution < -0.4 is 0 Å². The molecule has 2 aromatic carbocycles. The van der Waals surface area contributed by atoms with Crippen molar-refractivity contribution in [1.29, 1.82) is 0 Å². The van der Waals surface area contributed by atoms with Crippen LogP contribution in [-0.2, 0) is 22.1 Å². The average Bonchev–Trinajstić information content (AvgIpc) is 2.47. The highest BCUT2D eigenvalue weighted by Crippen LogP contribution is 2.18. The lowest BCUT2D eigenvalue weighted by atomic mass is 10.1. The molecule has 0 aliphatic carbocycles. The minimum absolute atomic E-state index is 0.0810. The number of nitrogens with zero attached hydrogens (tertiary/aromatic N) is 1. The van der Waals surface area contributed by atoms with Crippen molar-refractivity contribution in [3.63, 3.8) is 0 Å². The first-order chi connectivity index (χ1) is 10.8. The first kappa shape index (κ1) is 17.5. The molecule has 0 bridgehead atoms. The van der Waals surface area contributed by atoms with Crippen molar-refractivity contribution in [3.05, 3.63) is 70.2 Å². The van der Waals surface area contributed by atoms with E-state index in [0.717, 1.165) is 5.56 Å². The number of benzene rings is 2.